The molecule has 0 aliphatic carbocycles. The zero-order valence-corrected chi connectivity index (χ0v) is 8.78. The van der Waals surface area contributed by atoms with Crippen molar-refractivity contribution in [3.63, 3.8) is 0 Å². The summed E-state index contributed by atoms with van der Waals surface area (Å²) >= 11 is 0. The van der Waals surface area contributed by atoms with Gasteiger partial charge in [0.05, 0.1) is 0 Å². The van der Waals surface area contributed by atoms with Gasteiger partial charge in [-0.25, -0.2) is 0 Å². The summed E-state index contributed by atoms with van der Waals surface area (Å²) in [5, 5.41) is 0. The van der Waals surface area contributed by atoms with Gasteiger partial charge in [0.25, 0.3) is 0 Å². The Balaban J connectivity index is 0.000000561. The van der Waals surface area contributed by atoms with Gasteiger partial charge >= 0.3 is 0 Å². The molecule has 70 valence electrons. The number of aromatic amines is 1. The Morgan fingerprint density at radius 3 is 2.08 bits per heavy atom. The third-order valence-corrected chi connectivity index (χ3v) is 1.71. The molecule has 0 saturated carbocycles. The summed E-state index contributed by atoms with van der Waals surface area (Å²) in [5.74, 6) is 0. The van der Waals surface area contributed by atoms with Crippen LogP contribution in [-0.2, 0) is 12.8 Å². The SMILES string of the molecule is CC.CCCc1ccc(CC)[nH]1. The summed E-state index contributed by atoms with van der Waals surface area (Å²) in [5.41, 5.74) is 2.72. The number of rotatable bonds is 3. The molecule has 0 aliphatic rings. The molecule has 1 heteroatoms. The molecule has 0 bridgehead atoms. The predicted molar refractivity (Wildman–Crippen MR) is 55.5 cm³/mol. The van der Waals surface area contributed by atoms with E-state index in [1.165, 1.54) is 24.2 Å². The summed E-state index contributed by atoms with van der Waals surface area (Å²) in [6.45, 7) is 8.37. The Morgan fingerprint density at radius 1 is 1.08 bits per heavy atom. The van der Waals surface area contributed by atoms with Gasteiger partial charge in [-0.1, -0.05) is 34.1 Å². The van der Waals surface area contributed by atoms with Crippen LogP contribution < -0.4 is 0 Å². The number of aryl methyl sites for hydroxylation is 2. The number of hydrogen-bond acceptors (Lipinski definition) is 0. The molecule has 0 radical (unpaired) electrons. The molecule has 1 rings (SSSR count). The van der Waals surface area contributed by atoms with Crippen LogP contribution in [0, 0.1) is 0 Å². The van der Waals surface area contributed by atoms with Crippen molar-refractivity contribution in [2.45, 2.75) is 47.0 Å². The van der Waals surface area contributed by atoms with Crippen LogP contribution in [0.3, 0.4) is 0 Å². The van der Waals surface area contributed by atoms with Gasteiger partial charge in [0, 0.05) is 11.4 Å². The van der Waals surface area contributed by atoms with Crippen molar-refractivity contribution < 1.29 is 0 Å². The van der Waals surface area contributed by atoms with Crippen molar-refractivity contribution in [3.8, 4) is 0 Å². The maximum Gasteiger partial charge on any atom is 0.0149 e. The summed E-state index contributed by atoms with van der Waals surface area (Å²) in [6, 6.07) is 4.35. The molecule has 1 heterocycles. The van der Waals surface area contributed by atoms with E-state index in [0.717, 1.165) is 6.42 Å². The van der Waals surface area contributed by atoms with Crippen LogP contribution >= 0.6 is 0 Å². The first-order chi connectivity index (χ1) is 5.86. The van der Waals surface area contributed by atoms with Crippen LogP contribution in [0.15, 0.2) is 12.1 Å². The molecule has 0 fully saturated rings. The molecule has 0 atom stereocenters. The van der Waals surface area contributed by atoms with E-state index >= 15 is 0 Å². The highest BCUT2D eigenvalue weighted by molar-refractivity contribution is 5.12. The van der Waals surface area contributed by atoms with Gasteiger partial charge in [-0.05, 0) is 25.0 Å². The van der Waals surface area contributed by atoms with Crippen LogP contribution in [0.2, 0.25) is 0 Å². The van der Waals surface area contributed by atoms with Crippen LogP contribution in [-0.4, -0.2) is 4.98 Å². The zero-order chi connectivity index (χ0) is 9.40. The highest BCUT2D eigenvalue weighted by Gasteiger charge is 1.93. The van der Waals surface area contributed by atoms with Gasteiger partial charge in [-0.3, -0.25) is 0 Å². The lowest BCUT2D eigenvalue weighted by Crippen LogP contribution is -1.83. The lowest BCUT2D eigenvalue weighted by Gasteiger charge is -1.91. The highest BCUT2D eigenvalue weighted by Crippen LogP contribution is 2.04. The Kier molecular flexibility index (Phi) is 6.54. The lowest BCUT2D eigenvalue weighted by atomic mass is 10.3. The van der Waals surface area contributed by atoms with Crippen molar-refractivity contribution in [3.05, 3.63) is 23.5 Å². The molecule has 1 nitrogen and oxygen atoms in total. The maximum absolute atomic E-state index is 3.36. The fourth-order valence-electron chi connectivity index (χ4n) is 1.11. The molecule has 0 aromatic carbocycles. The molecule has 0 unspecified atom stereocenters. The Morgan fingerprint density at radius 2 is 1.67 bits per heavy atom. The first-order valence-electron chi connectivity index (χ1n) is 5.03. The van der Waals surface area contributed by atoms with Gasteiger partial charge < -0.3 is 4.98 Å². The first-order valence-corrected chi connectivity index (χ1v) is 5.03. The topological polar surface area (TPSA) is 15.8 Å². The average molecular weight is 167 g/mol. The summed E-state index contributed by atoms with van der Waals surface area (Å²) < 4.78 is 0. The summed E-state index contributed by atoms with van der Waals surface area (Å²) in [7, 11) is 0. The molecule has 0 saturated heterocycles. The fraction of sp³-hybridized carbons (Fsp3) is 0.636. The average Bonchev–Trinajstić information content (AvgIpc) is 2.57. The van der Waals surface area contributed by atoms with Crippen molar-refractivity contribution in [2.75, 3.05) is 0 Å². The van der Waals surface area contributed by atoms with E-state index in [1.807, 2.05) is 13.8 Å². The van der Waals surface area contributed by atoms with Gasteiger partial charge in [-0.2, -0.15) is 0 Å². The smallest absolute Gasteiger partial charge is 0.0149 e. The van der Waals surface area contributed by atoms with E-state index in [0.29, 0.717) is 0 Å². The van der Waals surface area contributed by atoms with Gasteiger partial charge in [0.15, 0.2) is 0 Å². The quantitative estimate of drug-likeness (QED) is 0.708. The van der Waals surface area contributed by atoms with Crippen molar-refractivity contribution >= 4 is 0 Å². The largest absolute Gasteiger partial charge is 0.362 e. The standard InChI is InChI=1S/C9H15N.C2H6/c1-3-5-9-7-6-8(4-2)10-9;1-2/h6-7,10H,3-5H2,1-2H3;1-2H3. The van der Waals surface area contributed by atoms with E-state index in [2.05, 4.69) is 31.0 Å². The maximum atomic E-state index is 3.36. The normalized spacial score (nSPS) is 9.00. The van der Waals surface area contributed by atoms with Crippen LogP contribution in [0.5, 0.6) is 0 Å². The van der Waals surface area contributed by atoms with Crippen LogP contribution in [0.25, 0.3) is 0 Å². The molecule has 12 heavy (non-hydrogen) atoms. The second kappa shape index (κ2) is 6.96. The third kappa shape index (κ3) is 3.61. The number of H-pyrrole nitrogens is 1. The molecule has 0 aliphatic heterocycles. The number of hydrogen-bond donors (Lipinski definition) is 1. The van der Waals surface area contributed by atoms with Crippen molar-refractivity contribution in [1.82, 2.24) is 4.98 Å². The fourth-order valence-corrected chi connectivity index (χ4v) is 1.11. The molecule has 1 N–H and O–H groups in total. The lowest BCUT2D eigenvalue weighted by molar-refractivity contribution is 0.880. The van der Waals surface area contributed by atoms with E-state index in [1.54, 1.807) is 0 Å². The second-order valence-corrected chi connectivity index (χ2v) is 2.61. The number of nitrogens with one attached hydrogen (secondary N) is 1. The molecular weight excluding hydrogens is 146 g/mol. The van der Waals surface area contributed by atoms with Crippen LogP contribution in [0.1, 0.15) is 45.5 Å². The predicted octanol–water partition coefficient (Wildman–Crippen LogP) is 3.56. The minimum absolute atomic E-state index is 1.11. The van der Waals surface area contributed by atoms with Crippen molar-refractivity contribution in [1.29, 1.82) is 0 Å². The molecule has 0 amide bonds. The summed E-state index contributed by atoms with van der Waals surface area (Å²) in [6.07, 6.45) is 3.52. The zero-order valence-electron chi connectivity index (χ0n) is 8.78. The summed E-state index contributed by atoms with van der Waals surface area (Å²) in [4.78, 5) is 3.36. The van der Waals surface area contributed by atoms with E-state index < -0.39 is 0 Å². The monoisotopic (exact) mass is 167 g/mol. The van der Waals surface area contributed by atoms with Gasteiger partial charge in [0.1, 0.15) is 0 Å². The molecular formula is C11H21N. The van der Waals surface area contributed by atoms with E-state index in [-0.39, 0.29) is 0 Å². The second-order valence-electron chi connectivity index (χ2n) is 2.61. The highest BCUT2D eigenvalue weighted by atomic mass is 14.7. The third-order valence-electron chi connectivity index (χ3n) is 1.71. The molecule has 1 aromatic rings. The van der Waals surface area contributed by atoms with Gasteiger partial charge in [0.2, 0.25) is 0 Å². The minimum Gasteiger partial charge on any atom is -0.362 e. The van der Waals surface area contributed by atoms with E-state index in [9.17, 15) is 0 Å². The Bertz CT molecular complexity index is 189. The Labute approximate surface area is 76.2 Å². The van der Waals surface area contributed by atoms with Crippen molar-refractivity contribution in [2.24, 2.45) is 0 Å². The van der Waals surface area contributed by atoms with E-state index in [4.69, 9.17) is 0 Å². The van der Waals surface area contributed by atoms with Gasteiger partial charge in [-0.15, -0.1) is 0 Å². The minimum atomic E-state index is 1.11. The molecule has 1 aromatic heterocycles. The molecule has 0 spiro atoms. The Hall–Kier alpha value is -0.720. The first kappa shape index (κ1) is 11.3. The number of aromatic nitrogens is 1. The van der Waals surface area contributed by atoms with Crippen LogP contribution in [0.4, 0.5) is 0 Å².